The van der Waals surface area contributed by atoms with Gasteiger partial charge in [0.05, 0.1) is 28.4 Å². The van der Waals surface area contributed by atoms with Crippen molar-refractivity contribution in [1.82, 2.24) is 14.9 Å². The van der Waals surface area contributed by atoms with E-state index in [1.807, 2.05) is 57.2 Å². The minimum absolute atomic E-state index is 0.000364. The maximum Gasteiger partial charge on any atom is 0.266 e. The predicted octanol–water partition coefficient (Wildman–Crippen LogP) is 3.52. The van der Waals surface area contributed by atoms with E-state index in [0.29, 0.717) is 16.1 Å². The van der Waals surface area contributed by atoms with Crippen molar-refractivity contribution in [2.45, 2.75) is 38.9 Å². The molecule has 0 aliphatic rings. The van der Waals surface area contributed by atoms with Crippen LogP contribution in [0.15, 0.2) is 58.5 Å². The van der Waals surface area contributed by atoms with Crippen molar-refractivity contribution >= 4 is 34.4 Å². The molecule has 3 rings (SSSR count). The van der Waals surface area contributed by atoms with Crippen LogP contribution >= 0.6 is 11.8 Å². The highest BCUT2D eigenvalue weighted by molar-refractivity contribution is 7.99. The summed E-state index contributed by atoms with van der Waals surface area (Å²) in [5.41, 5.74) is 2.06. The second-order valence-corrected chi connectivity index (χ2v) is 8.47. The minimum atomic E-state index is -0.527. The van der Waals surface area contributed by atoms with E-state index in [1.165, 1.54) is 18.7 Å². The van der Waals surface area contributed by atoms with Crippen LogP contribution in [0.2, 0.25) is 0 Å². The molecule has 0 bridgehead atoms. The lowest BCUT2D eigenvalue weighted by Crippen LogP contribution is -2.44. The number of Topliss-reactive ketones (excluding diaryl/α,β-unsaturated/α-hetero) is 1. The normalized spacial score (nSPS) is 12.2. The van der Waals surface area contributed by atoms with Gasteiger partial charge >= 0.3 is 0 Å². The molecular formula is C23H25N3O3S. The second-order valence-electron chi connectivity index (χ2n) is 7.53. The monoisotopic (exact) mass is 423 g/mol. The summed E-state index contributed by atoms with van der Waals surface area (Å²) < 4.78 is 1.56. The molecule has 1 aromatic heterocycles. The van der Waals surface area contributed by atoms with E-state index >= 15 is 0 Å². The van der Waals surface area contributed by atoms with E-state index < -0.39 is 6.04 Å². The third-order valence-electron chi connectivity index (χ3n) is 4.85. The number of carbonyl (C=O) groups is 2. The van der Waals surface area contributed by atoms with Crippen molar-refractivity contribution in [1.29, 1.82) is 0 Å². The number of thioether (sulfide) groups is 1. The number of fused-ring (bicyclic) bond motifs is 1. The summed E-state index contributed by atoms with van der Waals surface area (Å²) in [5.74, 6) is -0.301. The SMILES string of the molecule is CC(=O)C(NC(=O)CSc1nc2ccccc2c(=O)n1-c1ccccc1C)C(C)C. The van der Waals surface area contributed by atoms with E-state index in [2.05, 4.69) is 10.3 Å². The highest BCUT2D eigenvalue weighted by atomic mass is 32.2. The van der Waals surface area contributed by atoms with Gasteiger partial charge in [-0.2, -0.15) is 0 Å². The van der Waals surface area contributed by atoms with E-state index in [0.717, 1.165) is 11.3 Å². The van der Waals surface area contributed by atoms with Gasteiger partial charge in [-0.25, -0.2) is 4.98 Å². The van der Waals surface area contributed by atoms with Gasteiger partial charge in [-0.3, -0.25) is 19.0 Å². The van der Waals surface area contributed by atoms with E-state index in [9.17, 15) is 14.4 Å². The Morgan fingerprint density at radius 1 is 1.10 bits per heavy atom. The van der Waals surface area contributed by atoms with Gasteiger partial charge in [0.25, 0.3) is 5.56 Å². The molecule has 156 valence electrons. The van der Waals surface area contributed by atoms with Gasteiger partial charge in [-0.1, -0.05) is 55.9 Å². The number of ketones is 1. The molecule has 30 heavy (non-hydrogen) atoms. The Labute approximate surface area is 179 Å². The van der Waals surface area contributed by atoms with Gasteiger partial charge in [-0.15, -0.1) is 0 Å². The zero-order valence-electron chi connectivity index (χ0n) is 17.5. The molecule has 0 saturated carbocycles. The topological polar surface area (TPSA) is 81.1 Å². The summed E-state index contributed by atoms with van der Waals surface area (Å²) in [4.78, 5) is 42.2. The fourth-order valence-electron chi connectivity index (χ4n) is 3.32. The third-order valence-corrected chi connectivity index (χ3v) is 5.79. The van der Waals surface area contributed by atoms with Crippen molar-refractivity contribution in [2.75, 3.05) is 5.75 Å². The highest BCUT2D eigenvalue weighted by Crippen LogP contribution is 2.23. The molecule has 0 fully saturated rings. The summed E-state index contributed by atoms with van der Waals surface area (Å²) in [5, 5.41) is 3.74. The van der Waals surface area contributed by atoms with Crippen molar-refractivity contribution < 1.29 is 9.59 Å². The number of nitrogens with one attached hydrogen (secondary N) is 1. The zero-order valence-corrected chi connectivity index (χ0v) is 18.3. The third kappa shape index (κ3) is 4.62. The molecule has 1 atom stereocenters. The van der Waals surface area contributed by atoms with Gasteiger partial charge in [-0.05, 0) is 43.5 Å². The summed E-state index contributed by atoms with van der Waals surface area (Å²) in [6, 6.07) is 14.2. The molecule has 1 amide bonds. The lowest BCUT2D eigenvalue weighted by Gasteiger charge is -2.19. The lowest BCUT2D eigenvalue weighted by molar-refractivity contribution is -0.126. The molecule has 0 aliphatic carbocycles. The summed E-state index contributed by atoms with van der Waals surface area (Å²) in [6.07, 6.45) is 0. The lowest BCUT2D eigenvalue weighted by atomic mass is 10.0. The predicted molar refractivity (Wildman–Crippen MR) is 120 cm³/mol. The van der Waals surface area contributed by atoms with Gasteiger partial charge in [0.15, 0.2) is 10.9 Å². The van der Waals surface area contributed by atoms with Crippen molar-refractivity contribution in [3.05, 3.63) is 64.4 Å². The van der Waals surface area contributed by atoms with E-state index in [-0.39, 0.29) is 28.9 Å². The number of benzene rings is 2. The molecule has 1 N–H and O–H groups in total. The van der Waals surface area contributed by atoms with Crippen LogP contribution in [0.25, 0.3) is 16.6 Å². The Bertz CT molecular complexity index is 1150. The Kier molecular flexibility index (Phi) is 6.72. The average Bonchev–Trinajstić information content (AvgIpc) is 2.71. The number of aryl methyl sites for hydroxylation is 1. The summed E-state index contributed by atoms with van der Waals surface area (Å²) in [6.45, 7) is 7.18. The molecule has 0 radical (unpaired) electrons. The Balaban J connectivity index is 1.98. The first-order valence-electron chi connectivity index (χ1n) is 9.80. The van der Waals surface area contributed by atoms with Crippen LogP contribution in [0.1, 0.15) is 26.3 Å². The van der Waals surface area contributed by atoms with Gasteiger partial charge in [0.1, 0.15) is 0 Å². The largest absolute Gasteiger partial charge is 0.345 e. The molecule has 1 heterocycles. The fraction of sp³-hybridized carbons (Fsp3) is 0.304. The van der Waals surface area contributed by atoms with Crippen LogP contribution in [0.4, 0.5) is 0 Å². The Morgan fingerprint density at radius 3 is 2.43 bits per heavy atom. The summed E-state index contributed by atoms with van der Waals surface area (Å²) in [7, 11) is 0. The standard InChI is InChI=1S/C23H25N3O3S/c1-14(2)21(16(4)27)25-20(28)13-30-23-24-18-11-7-6-10-17(18)22(29)26(23)19-12-8-5-9-15(19)3/h5-12,14,21H,13H2,1-4H3,(H,25,28). The van der Waals surface area contributed by atoms with Crippen LogP contribution < -0.4 is 10.9 Å². The molecule has 2 aromatic carbocycles. The number of aromatic nitrogens is 2. The smallest absolute Gasteiger partial charge is 0.266 e. The zero-order chi connectivity index (χ0) is 21.8. The number of rotatable bonds is 7. The number of hydrogen-bond donors (Lipinski definition) is 1. The summed E-state index contributed by atoms with van der Waals surface area (Å²) >= 11 is 1.18. The van der Waals surface area contributed by atoms with Crippen molar-refractivity contribution in [2.24, 2.45) is 5.92 Å². The number of carbonyl (C=O) groups excluding carboxylic acids is 2. The molecule has 1 unspecified atom stereocenters. The molecular weight excluding hydrogens is 398 g/mol. The van der Waals surface area contributed by atoms with Gasteiger partial charge < -0.3 is 5.32 Å². The highest BCUT2D eigenvalue weighted by Gasteiger charge is 2.21. The first-order valence-corrected chi connectivity index (χ1v) is 10.8. The van der Waals surface area contributed by atoms with E-state index in [4.69, 9.17) is 0 Å². The maximum atomic E-state index is 13.3. The molecule has 0 aliphatic heterocycles. The molecule has 3 aromatic rings. The first kappa shape index (κ1) is 21.8. The minimum Gasteiger partial charge on any atom is -0.345 e. The number of para-hydroxylation sites is 2. The fourth-order valence-corrected chi connectivity index (χ4v) is 4.14. The Morgan fingerprint density at radius 2 is 1.77 bits per heavy atom. The van der Waals surface area contributed by atoms with Crippen LogP contribution in [0.3, 0.4) is 0 Å². The number of nitrogens with zero attached hydrogens (tertiary/aromatic N) is 2. The van der Waals surface area contributed by atoms with Crippen LogP contribution in [-0.2, 0) is 9.59 Å². The molecule has 6 nitrogen and oxygen atoms in total. The Hall–Kier alpha value is -2.93. The van der Waals surface area contributed by atoms with Gasteiger partial charge in [0.2, 0.25) is 5.91 Å². The van der Waals surface area contributed by atoms with Crippen LogP contribution in [0, 0.1) is 12.8 Å². The van der Waals surface area contributed by atoms with Crippen LogP contribution in [-0.4, -0.2) is 33.0 Å². The van der Waals surface area contributed by atoms with E-state index in [1.54, 1.807) is 16.7 Å². The quantitative estimate of drug-likeness (QED) is 0.465. The second kappa shape index (κ2) is 9.26. The van der Waals surface area contributed by atoms with Crippen LogP contribution in [0.5, 0.6) is 0 Å². The average molecular weight is 424 g/mol. The number of hydrogen-bond acceptors (Lipinski definition) is 5. The van der Waals surface area contributed by atoms with Crippen molar-refractivity contribution in [3.8, 4) is 5.69 Å². The first-order chi connectivity index (χ1) is 14.3. The number of amides is 1. The van der Waals surface area contributed by atoms with Crippen molar-refractivity contribution in [3.63, 3.8) is 0 Å². The molecule has 7 heteroatoms. The molecule has 0 saturated heterocycles. The molecule has 0 spiro atoms. The van der Waals surface area contributed by atoms with Gasteiger partial charge in [0, 0.05) is 0 Å². The maximum absolute atomic E-state index is 13.3.